The van der Waals surface area contributed by atoms with Crippen LogP contribution in [-0.4, -0.2) is 63.0 Å². The van der Waals surface area contributed by atoms with Gasteiger partial charge in [0.2, 0.25) is 0 Å². The molecule has 0 aliphatic heterocycles. The van der Waals surface area contributed by atoms with E-state index in [1.165, 1.54) is 12.1 Å². The van der Waals surface area contributed by atoms with Crippen molar-refractivity contribution in [2.24, 2.45) is 0 Å². The van der Waals surface area contributed by atoms with Crippen LogP contribution in [0.3, 0.4) is 0 Å². The molecule has 2 aromatic carbocycles. The fraction of sp³-hybridized carbons (Fsp3) is 0.533. The van der Waals surface area contributed by atoms with Gasteiger partial charge >= 0.3 is 65.3 Å². The first-order valence-electron chi connectivity index (χ1n) is 13.4. The van der Waals surface area contributed by atoms with E-state index >= 15 is 0 Å². The Morgan fingerprint density at radius 1 is 0.825 bits per heavy atom. The summed E-state index contributed by atoms with van der Waals surface area (Å²) in [4.78, 5) is 19.4. The molecule has 40 heavy (non-hydrogen) atoms. The van der Waals surface area contributed by atoms with Crippen molar-refractivity contribution in [2.75, 3.05) is 54.6 Å². The van der Waals surface area contributed by atoms with Gasteiger partial charge in [-0.15, -0.1) is 0 Å². The van der Waals surface area contributed by atoms with Gasteiger partial charge in [0.1, 0.15) is 11.9 Å². The van der Waals surface area contributed by atoms with Crippen molar-refractivity contribution in [2.45, 2.75) is 51.6 Å². The minimum Gasteiger partial charge on any atom is -0.331 e. The largest absolute Gasteiger partial charge is 0.331 e. The van der Waals surface area contributed by atoms with Crippen LogP contribution in [0.15, 0.2) is 60.7 Å². The Morgan fingerprint density at radius 2 is 1.32 bits per heavy atom. The molecule has 0 fully saturated rings. The molecule has 0 spiro atoms. The molecule has 0 N–H and O–H groups in total. The summed E-state index contributed by atoms with van der Waals surface area (Å²) in [6.45, 7) is 14.7. The monoisotopic (exact) mass is 791 g/mol. The molecule has 2 unspecified atom stereocenters. The fourth-order valence-electron chi connectivity index (χ4n) is 2.22. The summed E-state index contributed by atoms with van der Waals surface area (Å²) in [5.74, 6) is 0.901. The number of nitrogens with zero attached hydrogens (tertiary/aromatic N) is 1. The van der Waals surface area contributed by atoms with Crippen LogP contribution in [0.4, 0.5) is 0 Å². The third-order valence-corrected chi connectivity index (χ3v) is 6.09. The number of alkyl halides is 1. The van der Waals surface area contributed by atoms with Crippen molar-refractivity contribution in [3.8, 4) is 5.75 Å². The Kier molecular flexibility index (Phi) is 29.2. The molecule has 8 nitrogen and oxygen atoms in total. The second-order valence-electron chi connectivity index (χ2n) is 8.89. The van der Waals surface area contributed by atoms with Gasteiger partial charge in [-0.05, 0) is 44.0 Å². The van der Waals surface area contributed by atoms with E-state index in [2.05, 4.69) is 92.0 Å². The van der Waals surface area contributed by atoms with Crippen LogP contribution in [-0.2, 0) is 26.0 Å². The summed E-state index contributed by atoms with van der Waals surface area (Å²) in [5, 5.41) is 0. The van der Waals surface area contributed by atoms with Crippen LogP contribution in [0.1, 0.15) is 58.8 Å². The SMILES string of the molecule is C/C=C/c1ccc(OC)cc1.CCOOC(c1ccccc1)C(C)I.CCOO[I-]OOCC.CC[N+](C)(C)C. The Morgan fingerprint density at radius 3 is 1.70 bits per heavy atom. The predicted molar refractivity (Wildman–Crippen MR) is 167 cm³/mol. The molecule has 0 heterocycles. The zero-order chi connectivity index (χ0) is 30.7. The molecule has 0 aromatic heterocycles. The molecule has 0 saturated carbocycles. The Balaban J connectivity index is 0. The number of hydrogen-bond donors (Lipinski definition) is 0. The van der Waals surface area contributed by atoms with Crippen LogP contribution in [0, 0.1) is 0 Å². The molecule has 0 saturated heterocycles. The van der Waals surface area contributed by atoms with Crippen molar-refractivity contribution in [3.63, 3.8) is 0 Å². The number of quaternary nitrogens is 1. The van der Waals surface area contributed by atoms with Gasteiger partial charge in [0.15, 0.2) is 0 Å². The zero-order valence-corrected chi connectivity index (χ0v) is 30.2. The number of ether oxygens (including phenoxy) is 1. The summed E-state index contributed by atoms with van der Waals surface area (Å²) in [7, 11) is 8.21. The molecule has 0 radical (unpaired) electrons. The third kappa shape index (κ3) is 26.1. The molecule has 2 atom stereocenters. The van der Waals surface area contributed by atoms with Crippen molar-refractivity contribution < 1.29 is 57.2 Å². The van der Waals surface area contributed by atoms with Gasteiger partial charge in [0.25, 0.3) is 0 Å². The maximum atomic E-state index is 5.33. The number of hydrogen-bond acceptors (Lipinski definition) is 7. The Hall–Kier alpha value is -0.840. The quantitative estimate of drug-likeness (QED) is 0.0681. The molecule has 10 heteroatoms. The van der Waals surface area contributed by atoms with E-state index in [0.29, 0.717) is 23.7 Å². The van der Waals surface area contributed by atoms with Gasteiger partial charge in [-0.3, -0.25) is 0 Å². The van der Waals surface area contributed by atoms with Crippen molar-refractivity contribution in [1.82, 2.24) is 0 Å². The molecule has 0 aliphatic rings. The zero-order valence-electron chi connectivity index (χ0n) is 25.9. The first-order valence-corrected chi connectivity index (χ1v) is 16.4. The summed E-state index contributed by atoms with van der Waals surface area (Å²) < 4.78 is 15.6. The van der Waals surface area contributed by atoms with E-state index in [0.717, 1.165) is 15.8 Å². The van der Waals surface area contributed by atoms with Crippen LogP contribution < -0.4 is 26.8 Å². The Bertz CT molecular complexity index is 811. The number of allylic oxidation sites excluding steroid dienone is 1. The van der Waals surface area contributed by atoms with Gasteiger partial charge < -0.3 is 9.22 Å². The standard InChI is InChI=1S/C11H15IO2.C10H12O.C5H14N.C4H10IO4/c1-3-13-14-11(9(2)12)10-7-5-4-6-8-10;1-3-4-9-5-7-10(11-2)8-6-9;1-5-6(2,3)4;1-3-6-8-5-9-7-4-2/h4-9,11H,3H2,1-2H3;3-8H,1-2H3;5H2,1-4H3;3-4H2,1-2H3/q;;+1;-1/b;4-3+;;. The molecule has 0 bridgehead atoms. The van der Waals surface area contributed by atoms with Crippen molar-refractivity contribution in [3.05, 3.63) is 71.8 Å². The van der Waals surface area contributed by atoms with Crippen molar-refractivity contribution >= 4 is 28.7 Å². The van der Waals surface area contributed by atoms with E-state index in [1.54, 1.807) is 7.11 Å². The summed E-state index contributed by atoms with van der Waals surface area (Å²) in [6, 6.07) is 18.1. The van der Waals surface area contributed by atoms with Gasteiger partial charge in [0, 0.05) is 3.92 Å². The normalized spacial score (nSPS) is 12.3. The fourth-order valence-corrected chi connectivity index (χ4v) is 3.54. The van der Waals surface area contributed by atoms with Crippen LogP contribution >= 0.6 is 22.6 Å². The summed E-state index contributed by atoms with van der Waals surface area (Å²) >= 11 is 1.51. The van der Waals surface area contributed by atoms with Crippen LogP contribution in [0.5, 0.6) is 5.75 Å². The van der Waals surface area contributed by atoms with Gasteiger partial charge in [-0.2, -0.15) is 0 Å². The van der Waals surface area contributed by atoms with E-state index in [4.69, 9.17) is 14.5 Å². The van der Waals surface area contributed by atoms with E-state index in [-0.39, 0.29) is 6.10 Å². The summed E-state index contributed by atoms with van der Waals surface area (Å²) in [5.41, 5.74) is 2.36. The average Bonchev–Trinajstić information content (AvgIpc) is 2.95. The second kappa shape index (κ2) is 28.3. The molecule has 2 aromatic rings. The summed E-state index contributed by atoms with van der Waals surface area (Å²) in [6.07, 6.45) is 4.08. The minimum absolute atomic E-state index is 0.0109. The second-order valence-corrected chi connectivity index (χ2v) is 11.9. The number of rotatable bonds is 14. The predicted octanol–water partition coefficient (Wildman–Crippen LogP) is 4.80. The number of benzene rings is 2. The van der Waals surface area contributed by atoms with E-state index < -0.39 is 22.0 Å². The molecule has 0 amide bonds. The maximum absolute atomic E-state index is 5.33. The van der Waals surface area contributed by atoms with Gasteiger partial charge in [-0.1, -0.05) is 84.1 Å². The maximum Gasteiger partial charge on any atom is 0.0751 e. The number of methoxy groups -OCH3 is 1. The smallest absolute Gasteiger partial charge is 0.0751 e. The van der Waals surface area contributed by atoms with Crippen LogP contribution in [0.25, 0.3) is 6.08 Å². The molecule has 2 rings (SSSR count). The molecular weight excluding hydrogens is 740 g/mol. The number of halogens is 2. The molecule has 232 valence electrons. The van der Waals surface area contributed by atoms with E-state index in [9.17, 15) is 0 Å². The average molecular weight is 792 g/mol. The first kappa shape index (κ1) is 41.3. The van der Waals surface area contributed by atoms with Crippen LogP contribution in [0.2, 0.25) is 0 Å². The van der Waals surface area contributed by atoms with E-state index in [1.807, 2.05) is 76.2 Å². The first-order chi connectivity index (χ1) is 19.1. The van der Waals surface area contributed by atoms with Crippen molar-refractivity contribution in [1.29, 1.82) is 0 Å². The van der Waals surface area contributed by atoms with Gasteiger partial charge in [-0.25, -0.2) is 9.78 Å². The molecular formula is C30H51I2NO7. The molecule has 0 aliphatic carbocycles. The third-order valence-electron chi connectivity index (χ3n) is 4.63. The Labute approximate surface area is 268 Å². The topological polar surface area (TPSA) is 64.6 Å². The minimum atomic E-state index is -0.832. The van der Waals surface area contributed by atoms with Gasteiger partial charge in [0.05, 0.1) is 41.4 Å².